The lowest BCUT2D eigenvalue weighted by Gasteiger charge is -2.12. The van der Waals surface area contributed by atoms with Gasteiger partial charge in [0.05, 0.1) is 11.4 Å². The molecule has 0 aliphatic rings. The van der Waals surface area contributed by atoms with Crippen LogP contribution in [0.5, 0.6) is 5.75 Å². The minimum absolute atomic E-state index is 0.0779. The molecule has 0 aliphatic heterocycles. The van der Waals surface area contributed by atoms with Crippen LogP contribution in [0, 0.1) is 0 Å². The molecule has 0 fully saturated rings. The third-order valence-corrected chi connectivity index (χ3v) is 5.30. The van der Waals surface area contributed by atoms with E-state index >= 15 is 0 Å². The first-order valence-electron chi connectivity index (χ1n) is 9.70. The first-order chi connectivity index (χ1) is 14.8. The number of rotatable bonds is 9. The summed E-state index contributed by atoms with van der Waals surface area (Å²) in [6.45, 7) is 0.810. The second-order valence-corrected chi connectivity index (χ2v) is 7.50. The van der Waals surface area contributed by atoms with Crippen molar-refractivity contribution in [2.75, 3.05) is 13.2 Å². The normalized spacial score (nSPS) is 10.7. The highest BCUT2D eigenvalue weighted by atomic mass is 32.1. The zero-order chi connectivity index (χ0) is 20.6. The molecule has 152 valence electrons. The number of nitrogens with one attached hydrogen (secondary N) is 1. The molecule has 0 unspecified atom stereocenters. The molecule has 0 saturated heterocycles. The summed E-state index contributed by atoms with van der Waals surface area (Å²) in [5.41, 5.74) is 2.13. The van der Waals surface area contributed by atoms with Crippen LogP contribution >= 0.6 is 11.3 Å². The van der Waals surface area contributed by atoms with Crippen molar-refractivity contribution in [2.45, 2.75) is 12.8 Å². The third kappa shape index (κ3) is 5.12. The monoisotopic (exact) mass is 419 g/mol. The number of hydrogen-bond donors (Lipinski definition) is 1. The summed E-state index contributed by atoms with van der Waals surface area (Å²) < 4.78 is 11.1. The number of aromatic nitrogens is 2. The highest BCUT2D eigenvalue weighted by Crippen LogP contribution is 2.29. The molecule has 0 atom stereocenters. The molecule has 1 amide bonds. The maximum Gasteiger partial charge on any atom is 0.227 e. The first kappa shape index (κ1) is 19.8. The van der Waals surface area contributed by atoms with Gasteiger partial charge in [0.15, 0.2) is 0 Å². The number of hydrogen-bond acceptors (Lipinski definition) is 6. The molecule has 0 radical (unpaired) electrons. The lowest BCUT2D eigenvalue weighted by molar-refractivity contribution is -0.121. The Kier molecular flexibility index (Phi) is 6.51. The minimum Gasteiger partial charge on any atom is -0.491 e. The second-order valence-electron chi connectivity index (χ2n) is 6.55. The van der Waals surface area contributed by atoms with Crippen molar-refractivity contribution in [3.8, 4) is 27.6 Å². The summed E-state index contributed by atoms with van der Waals surface area (Å²) in [5, 5.41) is 8.77. The number of nitrogens with zero attached hydrogens (tertiary/aromatic N) is 2. The summed E-state index contributed by atoms with van der Waals surface area (Å²) in [6.07, 6.45) is 0.689. The van der Waals surface area contributed by atoms with Crippen LogP contribution in [-0.2, 0) is 11.2 Å². The summed E-state index contributed by atoms with van der Waals surface area (Å²) in [7, 11) is 0. The van der Waals surface area contributed by atoms with Crippen molar-refractivity contribution in [1.82, 2.24) is 15.5 Å². The Morgan fingerprint density at radius 3 is 2.70 bits per heavy atom. The van der Waals surface area contributed by atoms with Crippen molar-refractivity contribution in [3.05, 3.63) is 78.0 Å². The van der Waals surface area contributed by atoms with Gasteiger partial charge in [-0.05, 0) is 23.1 Å². The van der Waals surface area contributed by atoms with Gasteiger partial charge in [-0.2, -0.15) is 4.98 Å². The fourth-order valence-electron chi connectivity index (χ4n) is 2.97. The zero-order valence-electron chi connectivity index (χ0n) is 16.3. The number of aryl methyl sites for hydroxylation is 1. The summed E-state index contributed by atoms with van der Waals surface area (Å²) >= 11 is 1.55. The Morgan fingerprint density at radius 2 is 1.87 bits per heavy atom. The van der Waals surface area contributed by atoms with E-state index in [1.165, 1.54) is 0 Å². The van der Waals surface area contributed by atoms with Crippen LogP contribution in [0.25, 0.3) is 21.8 Å². The van der Waals surface area contributed by atoms with Crippen LogP contribution in [0.3, 0.4) is 0 Å². The quantitative estimate of drug-likeness (QED) is 0.402. The number of para-hydroxylation sites is 1. The lowest BCUT2D eigenvalue weighted by Crippen LogP contribution is -2.28. The van der Waals surface area contributed by atoms with Crippen LogP contribution in [0.1, 0.15) is 12.3 Å². The van der Waals surface area contributed by atoms with Crippen LogP contribution in [0.15, 0.2) is 76.6 Å². The van der Waals surface area contributed by atoms with Gasteiger partial charge in [0.25, 0.3) is 0 Å². The zero-order valence-corrected chi connectivity index (χ0v) is 17.1. The largest absolute Gasteiger partial charge is 0.491 e. The van der Waals surface area contributed by atoms with Gasteiger partial charge in [-0.1, -0.05) is 59.8 Å². The molecular weight excluding hydrogens is 398 g/mol. The predicted molar refractivity (Wildman–Crippen MR) is 116 cm³/mol. The Morgan fingerprint density at radius 1 is 1.03 bits per heavy atom. The van der Waals surface area contributed by atoms with Gasteiger partial charge < -0.3 is 14.6 Å². The number of carbonyl (C=O) groups excluding carboxylic acids is 1. The maximum atomic E-state index is 12.1. The molecular formula is C23H21N3O3S. The molecule has 30 heavy (non-hydrogen) atoms. The highest BCUT2D eigenvalue weighted by Gasteiger charge is 2.11. The summed E-state index contributed by atoms with van der Waals surface area (Å²) in [4.78, 5) is 17.4. The Labute approximate surface area is 178 Å². The number of ether oxygens (including phenoxy) is 1. The highest BCUT2D eigenvalue weighted by molar-refractivity contribution is 7.13. The number of benzene rings is 2. The van der Waals surface area contributed by atoms with E-state index in [2.05, 4.69) is 15.5 Å². The van der Waals surface area contributed by atoms with E-state index in [-0.39, 0.29) is 12.3 Å². The molecule has 4 rings (SSSR count). The average molecular weight is 420 g/mol. The van der Waals surface area contributed by atoms with Crippen molar-refractivity contribution in [2.24, 2.45) is 0 Å². The number of carbonyl (C=O) groups is 1. The summed E-state index contributed by atoms with van der Waals surface area (Å²) in [5.74, 6) is 1.74. The van der Waals surface area contributed by atoms with E-state index in [1.54, 1.807) is 11.3 Å². The molecule has 2 heterocycles. The Hall–Kier alpha value is -3.45. The Balaban J connectivity index is 1.21. The van der Waals surface area contributed by atoms with Crippen LogP contribution in [0.4, 0.5) is 0 Å². The molecule has 2 aromatic heterocycles. The lowest BCUT2D eigenvalue weighted by atomic mass is 10.1. The molecule has 0 bridgehead atoms. The van der Waals surface area contributed by atoms with Gasteiger partial charge in [-0.15, -0.1) is 11.3 Å². The second kappa shape index (κ2) is 9.84. The fourth-order valence-corrected chi connectivity index (χ4v) is 3.62. The maximum absolute atomic E-state index is 12.1. The van der Waals surface area contributed by atoms with Crippen LogP contribution in [0.2, 0.25) is 0 Å². The van der Waals surface area contributed by atoms with E-state index in [1.807, 2.05) is 72.1 Å². The van der Waals surface area contributed by atoms with E-state index in [0.29, 0.717) is 31.3 Å². The molecule has 6 nitrogen and oxygen atoms in total. The molecule has 0 spiro atoms. The average Bonchev–Trinajstić information content (AvgIpc) is 3.48. The number of thiophene rings is 1. The molecule has 1 N–H and O–H groups in total. The molecule has 4 aromatic rings. The van der Waals surface area contributed by atoms with Gasteiger partial charge in [0.2, 0.25) is 17.6 Å². The van der Waals surface area contributed by atoms with E-state index in [4.69, 9.17) is 9.26 Å². The van der Waals surface area contributed by atoms with Gasteiger partial charge in [-0.3, -0.25) is 4.79 Å². The predicted octanol–water partition coefficient (Wildman–Crippen LogP) is 4.59. The van der Waals surface area contributed by atoms with Crippen LogP contribution in [-0.4, -0.2) is 29.2 Å². The van der Waals surface area contributed by atoms with Crippen molar-refractivity contribution in [3.63, 3.8) is 0 Å². The molecule has 0 aliphatic carbocycles. The standard InChI is InChI=1S/C23H21N3O3S/c27-21(12-13-22-25-23(26-29-22)20-11-6-16-30-20)24-14-15-28-19-10-5-4-9-18(19)17-7-2-1-3-8-17/h1-11,16H,12-15H2,(H,24,27). The SMILES string of the molecule is O=C(CCc1nc(-c2cccs2)no1)NCCOc1ccccc1-c1ccccc1. The molecule has 0 saturated carbocycles. The smallest absolute Gasteiger partial charge is 0.227 e. The van der Waals surface area contributed by atoms with Gasteiger partial charge in [0.1, 0.15) is 12.4 Å². The topological polar surface area (TPSA) is 77.2 Å². The van der Waals surface area contributed by atoms with Crippen molar-refractivity contribution >= 4 is 17.2 Å². The third-order valence-electron chi connectivity index (χ3n) is 4.43. The van der Waals surface area contributed by atoms with Gasteiger partial charge in [-0.25, -0.2) is 0 Å². The summed E-state index contributed by atoms with van der Waals surface area (Å²) in [6, 6.07) is 21.8. The minimum atomic E-state index is -0.0779. The molecule has 2 aromatic carbocycles. The molecule has 7 heteroatoms. The van der Waals surface area contributed by atoms with Gasteiger partial charge >= 0.3 is 0 Å². The number of amides is 1. The first-order valence-corrected chi connectivity index (χ1v) is 10.6. The van der Waals surface area contributed by atoms with Crippen LogP contribution < -0.4 is 10.1 Å². The van der Waals surface area contributed by atoms with E-state index < -0.39 is 0 Å². The van der Waals surface area contributed by atoms with Crippen molar-refractivity contribution in [1.29, 1.82) is 0 Å². The van der Waals surface area contributed by atoms with Gasteiger partial charge in [0, 0.05) is 18.4 Å². The Bertz CT molecular complexity index is 1080. The fraction of sp³-hybridized carbons (Fsp3) is 0.174. The van der Waals surface area contributed by atoms with E-state index in [9.17, 15) is 4.79 Å². The van der Waals surface area contributed by atoms with E-state index in [0.717, 1.165) is 21.8 Å². The van der Waals surface area contributed by atoms with Crippen molar-refractivity contribution < 1.29 is 14.1 Å².